The molecular formula is C8H16O6. The van der Waals surface area contributed by atoms with Crippen LogP contribution in [0, 0.1) is 0 Å². The minimum atomic E-state index is -1.66. The van der Waals surface area contributed by atoms with Crippen LogP contribution in [-0.4, -0.2) is 64.8 Å². The lowest BCUT2D eigenvalue weighted by atomic mass is 9.92. The third-order valence-electron chi connectivity index (χ3n) is 2.48. The first kappa shape index (κ1) is 11.8. The predicted octanol–water partition coefficient (Wildman–Crippen LogP) is -2.18. The Morgan fingerprint density at radius 3 is 2.50 bits per heavy atom. The Morgan fingerprint density at radius 2 is 2.07 bits per heavy atom. The van der Waals surface area contributed by atoms with Crippen LogP contribution in [0.15, 0.2) is 0 Å². The third kappa shape index (κ3) is 1.77. The van der Waals surface area contributed by atoms with Gasteiger partial charge in [0.15, 0.2) is 6.29 Å². The summed E-state index contributed by atoms with van der Waals surface area (Å²) in [5, 5.41) is 37.1. The first-order valence-electron chi connectivity index (χ1n) is 4.40. The zero-order chi connectivity index (χ0) is 10.8. The van der Waals surface area contributed by atoms with Crippen molar-refractivity contribution in [3.63, 3.8) is 0 Å². The molecule has 0 spiro atoms. The lowest BCUT2D eigenvalue weighted by Crippen LogP contribution is -2.49. The molecular weight excluding hydrogens is 192 g/mol. The van der Waals surface area contributed by atoms with Gasteiger partial charge in [0.2, 0.25) is 0 Å². The summed E-state index contributed by atoms with van der Waals surface area (Å²) in [6.07, 6.45) is -3.23. The van der Waals surface area contributed by atoms with Crippen molar-refractivity contribution >= 4 is 0 Å². The van der Waals surface area contributed by atoms with Crippen LogP contribution in [0.25, 0.3) is 0 Å². The number of ether oxygens (including phenoxy) is 2. The van der Waals surface area contributed by atoms with Gasteiger partial charge in [-0.05, 0) is 0 Å². The summed E-state index contributed by atoms with van der Waals surface area (Å²) in [5.74, 6) is 0. The monoisotopic (exact) mass is 208 g/mol. The van der Waals surface area contributed by atoms with Crippen molar-refractivity contribution in [2.75, 3.05) is 20.3 Å². The average molecular weight is 208 g/mol. The Kier molecular flexibility index (Phi) is 3.82. The number of aliphatic hydroxyl groups is 4. The molecule has 1 heterocycles. The fourth-order valence-corrected chi connectivity index (χ4v) is 1.66. The molecule has 1 rings (SSSR count). The van der Waals surface area contributed by atoms with Crippen molar-refractivity contribution in [3.8, 4) is 0 Å². The second-order valence-electron chi connectivity index (χ2n) is 3.33. The van der Waals surface area contributed by atoms with Gasteiger partial charge in [-0.3, -0.25) is 0 Å². The molecule has 0 amide bonds. The molecule has 0 bridgehead atoms. The van der Waals surface area contributed by atoms with Crippen molar-refractivity contribution in [1.82, 2.24) is 0 Å². The molecule has 0 aromatic carbocycles. The van der Waals surface area contributed by atoms with Gasteiger partial charge in [0, 0.05) is 20.1 Å². The lowest BCUT2D eigenvalue weighted by molar-refractivity contribution is -0.198. The van der Waals surface area contributed by atoms with E-state index < -0.39 is 30.7 Å². The summed E-state index contributed by atoms with van der Waals surface area (Å²) in [7, 11) is 1.32. The molecule has 1 unspecified atom stereocenters. The molecule has 1 aliphatic heterocycles. The highest BCUT2D eigenvalue weighted by molar-refractivity contribution is 4.99. The maximum atomic E-state index is 9.95. The zero-order valence-corrected chi connectivity index (χ0v) is 7.96. The van der Waals surface area contributed by atoms with Crippen molar-refractivity contribution < 1.29 is 29.9 Å². The lowest BCUT2D eigenvalue weighted by Gasteiger charge is -2.29. The van der Waals surface area contributed by atoms with Gasteiger partial charge < -0.3 is 29.9 Å². The predicted molar refractivity (Wildman–Crippen MR) is 45.4 cm³/mol. The summed E-state index contributed by atoms with van der Waals surface area (Å²) in [5.41, 5.74) is -1.66. The van der Waals surface area contributed by atoms with E-state index in [2.05, 4.69) is 0 Å². The average Bonchev–Trinajstić information content (AvgIpc) is 2.41. The summed E-state index contributed by atoms with van der Waals surface area (Å²) < 4.78 is 9.88. The van der Waals surface area contributed by atoms with Crippen LogP contribution >= 0.6 is 0 Å². The third-order valence-corrected chi connectivity index (χ3v) is 2.48. The molecule has 1 fully saturated rings. The summed E-state index contributed by atoms with van der Waals surface area (Å²) in [6.45, 7) is -0.705. The minimum Gasteiger partial charge on any atom is -0.396 e. The summed E-state index contributed by atoms with van der Waals surface area (Å²) in [6, 6.07) is 0. The van der Waals surface area contributed by atoms with Gasteiger partial charge in [-0.15, -0.1) is 0 Å². The molecule has 6 heteroatoms. The van der Waals surface area contributed by atoms with Crippen LogP contribution in [-0.2, 0) is 9.47 Å². The van der Waals surface area contributed by atoms with Crippen molar-refractivity contribution in [2.45, 2.75) is 30.5 Å². The molecule has 4 atom stereocenters. The Morgan fingerprint density at radius 1 is 1.43 bits per heavy atom. The molecule has 14 heavy (non-hydrogen) atoms. The highest BCUT2D eigenvalue weighted by Gasteiger charge is 2.55. The van der Waals surface area contributed by atoms with Gasteiger partial charge in [-0.2, -0.15) is 0 Å². The van der Waals surface area contributed by atoms with E-state index >= 15 is 0 Å². The quantitative estimate of drug-likeness (QED) is 0.419. The molecule has 6 nitrogen and oxygen atoms in total. The van der Waals surface area contributed by atoms with Crippen molar-refractivity contribution in [3.05, 3.63) is 0 Å². The van der Waals surface area contributed by atoms with Gasteiger partial charge in [0.1, 0.15) is 17.8 Å². The normalized spacial score (nSPS) is 43.1. The first-order valence-corrected chi connectivity index (χ1v) is 4.40. The van der Waals surface area contributed by atoms with Gasteiger partial charge in [-0.1, -0.05) is 0 Å². The Bertz CT molecular complexity index is 183. The van der Waals surface area contributed by atoms with E-state index in [0.29, 0.717) is 0 Å². The molecule has 0 aromatic heterocycles. The Hall–Kier alpha value is -0.240. The Balaban J connectivity index is 2.78. The van der Waals surface area contributed by atoms with E-state index in [0.717, 1.165) is 0 Å². The Labute approximate surface area is 81.7 Å². The molecule has 0 aromatic rings. The number of rotatable bonds is 4. The van der Waals surface area contributed by atoms with Crippen LogP contribution in [0.5, 0.6) is 0 Å². The highest BCUT2D eigenvalue weighted by atomic mass is 16.7. The van der Waals surface area contributed by atoms with Crippen LogP contribution in [0.3, 0.4) is 0 Å². The van der Waals surface area contributed by atoms with Crippen molar-refractivity contribution in [1.29, 1.82) is 0 Å². The van der Waals surface area contributed by atoms with Gasteiger partial charge in [0.25, 0.3) is 0 Å². The number of methoxy groups -OCH3 is 1. The van der Waals surface area contributed by atoms with E-state index in [1.165, 1.54) is 7.11 Å². The molecule has 1 saturated heterocycles. The standard InChI is InChI=1S/C8H16O6/c1-13-7-8(12,2-3-9)6(11)5(4-10)14-7/h5-7,9-12H,2-4H2,1H3/t5-,6-,7?,8-/m1/s1. The van der Waals surface area contributed by atoms with E-state index in [1.807, 2.05) is 0 Å². The van der Waals surface area contributed by atoms with Gasteiger partial charge >= 0.3 is 0 Å². The molecule has 4 N–H and O–H groups in total. The van der Waals surface area contributed by atoms with Crippen LogP contribution in [0.2, 0.25) is 0 Å². The largest absolute Gasteiger partial charge is 0.396 e. The molecule has 0 aliphatic carbocycles. The SMILES string of the molecule is COC1O[C@H](CO)[C@@H](O)[C@]1(O)CCO. The minimum absolute atomic E-state index is 0.0663. The van der Waals surface area contributed by atoms with E-state index in [9.17, 15) is 10.2 Å². The summed E-state index contributed by atoms with van der Waals surface area (Å²) >= 11 is 0. The number of aliphatic hydroxyl groups excluding tert-OH is 3. The van der Waals surface area contributed by atoms with E-state index in [4.69, 9.17) is 19.7 Å². The molecule has 84 valence electrons. The molecule has 0 saturated carbocycles. The van der Waals surface area contributed by atoms with Crippen LogP contribution < -0.4 is 0 Å². The fourth-order valence-electron chi connectivity index (χ4n) is 1.66. The van der Waals surface area contributed by atoms with E-state index in [-0.39, 0.29) is 13.0 Å². The number of hydrogen-bond acceptors (Lipinski definition) is 6. The van der Waals surface area contributed by atoms with Gasteiger partial charge in [0.05, 0.1) is 6.61 Å². The highest BCUT2D eigenvalue weighted by Crippen LogP contribution is 2.33. The maximum absolute atomic E-state index is 9.95. The fraction of sp³-hybridized carbons (Fsp3) is 1.00. The molecule has 0 radical (unpaired) electrons. The van der Waals surface area contributed by atoms with Crippen LogP contribution in [0.4, 0.5) is 0 Å². The van der Waals surface area contributed by atoms with Crippen LogP contribution in [0.1, 0.15) is 6.42 Å². The first-order chi connectivity index (χ1) is 6.60. The maximum Gasteiger partial charge on any atom is 0.189 e. The smallest absolute Gasteiger partial charge is 0.189 e. The number of hydrogen-bond donors (Lipinski definition) is 4. The molecule has 1 aliphatic rings. The van der Waals surface area contributed by atoms with Crippen molar-refractivity contribution in [2.24, 2.45) is 0 Å². The van der Waals surface area contributed by atoms with Gasteiger partial charge in [-0.25, -0.2) is 0 Å². The topological polar surface area (TPSA) is 99.4 Å². The second kappa shape index (κ2) is 4.52. The zero-order valence-electron chi connectivity index (χ0n) is 7.96. The van der Waals surface area contributed by atoms with E-state index in [1.54, 1.807) is 0 Å². The second-order valence-corrected chi connectivity index (χ2v) is 3.33. The summed E-state index contributed by atoms with van der Waals surface area (Å²) in [4.78, 5) is 0.